The summed E-state index contributed by atoms with van der Waals surface area (Å²) in [5, 5.41) is 3.21. The number of thiazole rings is 1. The smallest absolute Gasteiger partial charge is 0.124 e. The summed E-state index contributed by atoms with van der Waals surface area (Å²) in [6.07, 6.45) is 4.45. The lowest BCUT2D eigenvalue weighted by molar-refractivity contribution is 0.679. The zero-order valence-corrected chi connectivity index (χ0v) is 12.1. The molecule has 0 spiro atoms. The predicted molar refractivity (Wildman–Crippen MR) is 77.6 cm³/mol. The molecule has 0 amide bonds. The van der Waals surface area contributed by atoms with E-state index < -0.39 is 0 Å². The highest BCUT2D eigenvalue weighted by molar-refractivity contribution is 7.09. The van der Waals surface area contributed by atoms with Crippen LogP contribution in [-0.2, 0) is 18.8 Å². The van der Waals surface area contributed by atoms with Gasteiger partial charge in [-0.2, -0.15) is 0 Å². The molecule has 98 valence electrons. The molecule has 19 heavy (non-hydrogen) atoms. The second-order valence-corrected chi connectivity index (χ2v) is 5.62. The van der Waals surface area contributed by atoms with Crippen LogP contribution in [0.2, 0.25) is 0 Å². The number of fused-ring (bicyclic) bond motifs is 1. The van der Waals surface area contributed by atoms with Crippen LogP contribution in [0.25, 0.3) is 11.0 Å². The van der Waals surface area contributed by atoms with E-state index in [-0.39, 0.29) is 0 Å². The number of pyridine rings is 1. The molecule has 0 atom stereocenters. The van der Waals surface area contributed by atoms with Crippen molar-refractivity contribution in [2.45, 2.75) is 25.8 Å². The number of rotatable bonds is 4. The number of nitrogens with zero attached hydrogens (tertiary/aromatic N) is 4. The summed E-state index contributed by atoms with van der Waals surface area (Å²) in [4.78, 5) is 13.1. The van der Waals surface area contributed by atoms with Gasteiger partial charge in [0.15, 0.2) is 0 Å². The molecule has 0 fully saturated rings. The molecule has 0 radical (unpaired) electrons. The summed E-state index contributed by atoms with van der Waals surface area (Å²) in [5.41, 5.74) is 3.10. The van der Waals surface area contributed by atoms with Crippen molar-refractivity contribution in [3.05, 3.63) is 40.4 Å². The second kappa shape index (κ2) is 5.27. The third-order valence-corrected chi connectivity index (χ3v) is 4.07. The first-order valence-corrected chi connectivity index (χ1v) is 7.45. The number of hydrogen-bond donors (Lipinski definition) is 0. The third-order valence-electron chi connectivity index (χ3n) is 3.01. The van der Waals surface area contributed by atoms with Gasteiger partial charge in [-0.25, -0.2) is 9.97 Å². The van der Waals surface area contributed by atoms with Gasteiger partial charge in [0.05, 0.1) is 28.3 Å². The Balaban J connectivity index is 1.90. The van der Waals surface area contributed by atoms with Crippen LogP contribution in [0.15, 0.2) is 23.8 Å². The molecule has 0 saturated heterocycles. The maximum absolute atomic E-state index is 5.97. The normalized spacial score (nSPS) is 11.3. The van der Waals surface area contributed by atoms with E-state index >= 15 is 0 Å². The highest BCUT2D eigenvalue weighted by Gasteiger charge is 2.10. The minimum atomic E-state index is 0.408. The molecule has 4 nitrogen and oxygen atoms in total. The van der Waals surface area contributed by atoms with Crippen molar-refractivity contribution >= 4 is 34.0 Å². The van der Waals surface area contributed by atoms with Gasteiger partial charge in [-0.1, -0.05) is 0 Å². The molecule has 0 N–H and O–H groups in total. The Kier molecular flexibility index (Phi) is 3.48. The molecule has 6 heteroatoms. The third kappa shape index (κ3) is 2.48. The van der Waals surface area contributed by atoms with Crippen LogP contribution in [0.3, 0.4) is 0 Å². The fourth-order valence-electron chi connectivity index (χ4n) is 2.13. The van der Waals surface area contributed by atoms with E-state index in [1.807, 2.05) is 13.0 Å². The van der Waals surface area contributed by atoms with Gasteiger partial charge in [0.1, 0.15) is 11.3 Å². The van der Waals surface area contributed by atoms with Crippen molar-refractivity contribution in [3.8, 4) is 0 Å². The molecular weight excluding hydrogens is 280 g/mol. The van der Waals surface area contributed by atoms with Crippen molar-refractivity contribution in [1.82, 2.24) is 19.5 Å². The van der Waals surface area contributed by atoms with E-state index in [0.29, 0.717) is 5.88 Å². The predicted octanol–water partition coefficient (Wildman–Crippen LogP) is 3.18. The molecule has 3 heterocycles. The van der Waals surface area contributed by atoms with Crippen LogP contribution in [0.5, 0.6) is 0 Å². The highest BCUT2D eigenvalue weighted by atomic mass is 35.5. The molecule has 0 aromatic carbocycles. The average molecular weight is 293 g/mol. The van der Waals surface area contributed by atoms with E-state index in [1.165, 1.54) is 0 Å². The summed E-state index contributed by atoms with van der Waals surface area (Å²) in [6.45, 7) is 2.86. The summed E-state index contributed by atoms with van der Waals surface area (Å²) in [6, 6.07) is 1.98. The minimum absolute atomic E-state index is 0.408. The van der Waals surface area contributed by atoms with Crippen molar-refractivity contribution in [3.63, 3.8) is 0 Å². The van der Waals surface area contributed by atoms with E-state index in [2.05, 4.69) is 24.9 Å². The molecule has 0 aliphatic rings. The van der Waals surface area contributed by atoms with E-state index in [4.69, 9.17) is 11.6 Å². The Morgan fingerprint density at radius 2 is 2.26 bits per heavy atom. The van der Waals surface area contributed by atoms with Gasteiger partial charge in [0.25, 0.3) is 0 Å². The summed E-state index contributed by atoms with van der Waals surface area (Å²) >= 11 is 7.66. The summed E-state index contributed by atoms with van der Waals surface area (Å²) < 4.78 is 2.15. The molecule has 3 rings (SSSR count). The standard InChI is InChI=1S/C13H13ClN4S/c1-9-16-10(8-19-9)3-5-18-12-2-4-15-7-11(12)17-13(18)6-14/h2,4,7-8H,3,5-6H2,1H3. The maximum atomic E-state index is 5.97. The Morgan fingerprint density at radius 3 is 3.00 bits per heavy atom. The number of aryl methyl sites for hydroxylation is 3. The fourth-order valence-corrected chi connectivity index (χ4v) is 2.98. The van der Waals surface area contributed by atoms with Gasteiger partial charge >= 0.3 is 0 Å². The lowest BCUT2D eigenvalue weighted by atomic mass is 10.3. The lowest BCUT2D eigenvalue weighted by Crippen LogP contribution is -2.05. The Morgan fingerprint density at radius 1 is 1.37 bits per heavy atom. The van der Waals surface area contributed by atoms with Crippen LogP contribution in [0.1, 0.15) is 16.5 Å². The maximum Gasteiger partial charge on any atom is 0.124 e. The molecule has 0 saturated carbocycles. The van der Waals surface area contributed by atoms with Crippen LogP contribution < -0.4 is 0 Å². The largest absolute Gasteiger partial charge is 0.326 e. The van der Waals surface area contributed by atoms with Crippen LogP contribution in [0, 0.1) is 6.92 Å². The van der Waals surface area contributed by atoms with Gasteiger partial charge < -0.3 is 4.57 Å². The van der Waals surface area contributed by atoms with Crippen LogP contribution >= 0.6 is 22.9 Å². The molecule has 3 aromatic rings. The zero-order valence-electron chi connectivity index (χ0n) is 10.5. The first-order chi connectivity index (χ1) is 9.28. The van der Waals surface area contributed by atoms with E-state index in [9.17, 15) is 0 Å². The van der Waals surface area contributed by atoms with Gasteiger partial charge in [-0.15, -0.1) is 22.9 Å². The second-order valence-electron chi connectivity index (χ2n) is 4.29. The Labute approximate surface area is 120 Å². The van der Waals surface area contributed by atoms with Crippen molar-refractivity contribution < 1.29 is 0 Å². The van der Waals surface area contributed by atoms with Crippen LogP contribution in [0.4, 0.5) is 0 Å². The molecular formula is C13H13ClN4S. The first-order valence-electron chi connectivity index (χ1n) is 6.04. The summed E-state index contributed by atoms with van der Waals surface area (Å²) in [5.74, 6) is 1.29. The Hall–Kier alpha value is -1.46. The number of hydrogen-bond acceptors (Lipinski definition) is 4. The zero-order chi connectivity index (χ0) is 13.2. The number of halogens is 1. The lowest BCUT2D eigenvalue weighted by Gasteiger charge is -2.06. The summed E-state index contributed by atoms with van der Waals surface area (Å²) in [7, 11) is 0. The SMILES string of the molecule is Cc1nc(CCn2c(CCl)nc3cnccc32)cs1. The monoisotopic (exact) mass is 292 g/mol. The van der Waals surface area contributed by atoms with Crippen molar-refractivity contribution in [1.29, 1.82) is 0 Å². The van der Waals surface area contributed by atoms with Gasteiger partial charge in [0, 0.05) is 24.5 Å². The van der Waals surface area contributed by atoms with Crippen molar-refractivity contribution in [2.24, 2.45) is 0 Å². The topological polar surface area (TPSA) is 43.6 Å². The average Bonchev–Trinajstić information content (AvgIpc) is 2.99. The fraction of sp³-hybridized carbons (Fsp3) is 0.308. The minimum Gasteiger partial charge on any atom is -0.326 e. The highest BCUT2D eigenvalue weighted by Crippen LogP contribution is 2.18. The van der Waals surface area contributed by atoms with E-state index in [1.54, 1.807) is 23.7 Å². The first kappa shape index (κ1) is 12.6. The Bertz CT molecular complexity index is 704. The number of aromatic nitrogens is 4. The molecule has 0 bridgehead atoms. The van der Waals surface area contributed by atoms with Crippen molar-refractivity contribution in [2.75, 3.05) is 0 Å². The van der Waals surface area contributed by atoms with E-state index in [0.717, 1.165) is 40.5 Å². The van der Waals surface area contributed by atoms with Gasteiger partial charge in [0.2, 0.25) is 0 Å². The molecule has 0 aliphatic heterocycles. The molecule has 0 aliphatic carbocycles. The van der Waals surface area contributed by atoms with Gasteiger partial charge in [-0.05, 0) is 13.0 Å². The van der Waals surface area contributed by atoms with Gasteiger partial charge in [-0.3, -0.25) is 4.98 Å². The molecule has 3 aromatic heterocycles. The number of imidazole rings is 1. The number of alkyl halides is 1. The quantitative estimate of drug-likeness (QED) is 0.694. The molecule has 0 unspecified atom stereocenters. The van der Waals surface area contributed by atoms with Crippen LogP contribution in [-0.4, -0.2) is 19.5 Å².